The number of carbonyl (C=O) groups is 1. The van der Waals surface area contributed by atoms with Crippen LogP contribution in [0.25, 0.3) is 0 Å². The molecule has 1 saturated heterocycles. The molecular formula is C11H14N2O2. The number of hydrogen-bond donors (Lipinski definition) is 1. The van der Waals surface area contributed by atoms with E-state index in [2.05, 4.69) is 0 Å². The molecule has 4 nitrogen and oxygen atoms in total. The van der Waals surface area contributed by atoms with Crippen LogP contribution in [-0.4, -0.2) is 25.3 Å². The highest BCUT2D eigenvalue weighted by Gasteiger charge is 2.29. The third-order valence-corrected chi connectivity index (χ3v) is 2.54. The average molecular weight is 206 g/mol. The molecule has 1 aromatic carbocycles. The first kappa shape index (κ1) is 9.98. The van der Waals surface area contributed by atoms with Gasteiger partial charge in [-0.3, -0.25) is 4.90 Å². The quantitative estimate of drug-likeness (QED) is 0.794. The van der Waals surface area contributed by atoms with Crippen molar-refractivity contribution in [3.05, 3.63) is 30.3 Å². The Morgan fingerprint density at radius 3 is 2.80 bits per heavy atom. The fourth-order valence-electron chi connectivity index (χ4n) is 1.76. The lowest BCUT2D eigenvalue weighted by Gasteiger charge is -2.34. The highest BCUT2D eigenvalue weighted by molar-refractivity contribution is 5.88. The Kier molecular flexibility index (Phi) is 2.87. The maximum absolute atomic E-state index is 11.6. The standard InChI is InChI=1S/C11H14N2O2/c12-8-10-6-7-15-11(14)13(10)9-4-2-1-3-5-9/h1-5,10H,6-8,12H2. The van der Waals surface area contributed by atoms with E-state index in [0.717, 1.165) is 12.1 Å². The fourth-order valence-corrected chi connectivity index (χ4v) is 1.76. The van der Waals surface area contributed by atoms with Gasteiger partial charge in [-0.15, -0.1) is 0 Å². The molecule has 1 atom stereocenters. The van der Waals surface area contributed by atoms with Crippen LogP contribution in [-0.2, 0) is 4.74 Å². The van der Waals surface area contributed by atoms with Crippen LogP contribution in [0.15, 0.2) is 30.3 Å². The summed E-state index contributed by atoms with van der Waals surface area (Å²) in [5, 5.41) is 0. The minimum atomic E-state index is -0.303. The van der Waals surface area contributed by atoms with E-state index in [9.17, 15) is 4.79 Å². The minimum Gasteiger partial charge on any atom is -0.449 e. The summed E-state index contributed by atoms with van der Waals surface area (Å²) in [5.74, 6) is 0. The van der Waals surface area contributed by atoms with E-state index in [0.29, 0.717) is 13.2 Å². The molecule has 2 N–H and O–H groups in total. The lowest BCUT2D eigenvalue weighted by atomic mass is 10.1. The number of nitrogens with two attached hydrogens (primary N) is 1. The summed E-state index contributed by atoms with van der Waals surface area (Å²) in [6, 6.07) is 9.52. The predicted octanol–water partition coefficient (Wildman–Crippen LogP) is 1.36. The van der Waals surface area contributed by atoms with Crippen LogP contribution >= 0.6 is 0 Å². The van der Waals surface area contributed by atoms with Crippen LogP contribution in [0.3, 0.4) is 0 Å². The first-order valence-corrected chi connectivity index (χ1v) is 5.04. The molecule has 80 valence electrons. The summed E-state index contributed by atoms with van der Waals surface area (Å²) in [6.45, 7) is 0.925. The number of carbonyl (C=O) groups excluding carboxylic acids is 1. The molecule has 1 heterocycles. The Hall–Kier alpha value is -1.55. The van der Waals surface area contributed by atoms with E-state index in [1.807, 2.05) is 30.3 Å². The normalized spacial score (nSPS) is 21.3. The summed E-state index contributed by atoms with van der Waals surface area (Å²) >= 11 is 0. The molecule has 1 aliphatic rings. The zero-order valence-corrected chi connectivity index (χ0v) is 8.43. The zero-order chi connectivity index (χ0) is 10.7. The van der Waals surface area contributed by atoms with Crippen molar-refractivity contribution in [2.45, 2.75) is 12.5 Å². The van der Waals surface area contributed by atoms with Crippen LogP contribution in [0, 0.1) is 0 Å². The van der Waals surface area contributed by atoms with Gasteiger partial charge in [0.15, 0.2) is 0 Å². The number of amides is 1. The van der Waals surface area contributed by atoms with E-state index < -0.39 is 0 Å². The Labute approximate surface area is 88.6 Å². The number of anilines is 1. The van der Waals surface area contributed by atoms with Gasteiger partial charge < -0.3 is 10.5 Å². The van der Waals surface area contributed by atoms with Crippen LogP contribution in [0.2, 0.25) is 0 Å². The third-order valence-electron chi connectivity index (χ3n) is 2.54. The number of benzene rings is 1. The molecule has 15 heavy (non-hydrogen) atoms. The zero-order valence-electron chi connectivity index (χ0n) is 8.43. The van der Waals surface area contributed by atoms with Crippen molar-refractivity contribution in [2.24, 2.45) is 5.73 Å². The molecule has 0 aromatic heterocycles. The summed E-state index contributed by atoms with van der Waals surface area (Å²) in [7, 11) is 0. The van der Waals surface area contributed by atoms with Crippen molar-refractivity contribution >= 4 is 11.8 Å². The van der Waals surface area contributed by atoms with Crippen molar-refractivity contribution in [1.82, 2.24) is 0 Å². The SMILES string of the molecule is NCC1CCOC(=O)N1c1ccccc1. The number of hydrogen-bond acceptors (Lipinski definition) is 3. The predicted molar refractivity (Wildman–Crippen MR) is 57.7 cm³/mol. The number of ether oxygens (including phenoxy) is 1. The molecule has 2 rings (SSSR count). The van der Waals surface area contributed by atoms with Crippen molar-refractivity contribution in [3.8, 4) is 0 Å². The highest BCUT2D eigenvalue weighted by atomic mass is 16.6. The Morgan fingerprint density at radius 2 is 2.13 bits per heavy atom. The van der Waals surface area contributed by atoms with E-state index in [4.69, 9.17) is 10.5 Å². The van der Waals surface area contributed by atoms with Gasteiger partial charge in [0.2, 0.25) is 0 Å². The Morgan fingerprint density at radius 1 is 1.40 bits per heavy atom. The monoisotopic (exact) mass is 206 g/mol. The first-order chi connectivity index (χ1) is 7.33. The smallest absolute Gasteiger partial charge is 0.414 e. The molecular weight excluding hydrogens is 192 g/mol. The van der Waals surface area contributed by atoms with E-state index >= 15 is 0 Å². The molecule has 0 spiro atoms. The van der Waals surface area contributed by atoms with Gasteiger partial charge in [-0.05, 0) is 12.1 Å². The van der Waals surface area contributed by atoms with Gasteiger partial charge in [0.05, 0.1) is 12.6 Å². The minimum absolute atomic E-state index is 0.0497. The molecule has 0 saturated carbocycles. The molecule has 1 fully saturated rings. The van der Waals surface area contributed by atoms with Crippen LogP contribution < -0.4 is 10.6 Å². The van der Waals surface area contributed by atoms with Crippen molar-refractivity contribution in [2.75, 3.05) is 18.1 Å². The molecule has 1 amide bonds. The lowest BCUT2D eigenvalue weighted by Crippen LogP contribution is -2.49. The van der Waals surface area contributed by atoms with E-state index in [-0.39, 0.29) is 12.1 Å². The lowest BCUT2D eigenvalue weighted by molar-refractivity contribution is 0.130. The van der Waals surface area contributed by atoms with Crippen molar-refractivity contribution < 1.29 is 9.53 Å². The van der Waals surface area contributed by atoms with Crippen molar-refractivity contribution in [3.63, 3.8) is 0 Å². The summed E-state index contributed by atoms with van der Waals surface area (Å²) in [6.07, 6.45) is 0.486. The summed E-state index contributed by atoms with van der Waals surface area (Å²) in [5.41, 5.74) is 6.49. The van der Waals surface area contributed by atoms with E-state index in [1.165, 1.54) is 0 Å². The van der Waals surface area contributed by atoms with Crippen LogP contribution in [0.1, 0.15) is 6.42 Å². The summed E-state index contributed by atoms with van der Waals surface area (Å²) < 4.78 is 5.01. The number of rotatable bonds is 2. The Balaban J connectivity index is 2.27. The van der Waals surface area contributed by atoms with Gasteiger partial charge in [-0.1, -0.05) is 18.2 Å². The molecule has 4 heteroatoms. The second-order valence-electron chi connectivity index (χ2n) is 3.50. The van der Waals surface area contributed by atoms with Gasteiger partial charge in [0.1, 0.15) is 0 Å². The first-order valence-electron chi connectivity index (χ1n) is 5.04. The maximum Gasteiger partial charge on any atom is 0.414 e. The molecule has 1 aromatic rings. The van der Waals surface area contributed by atoms with Crippen LogP contribution in [0.5, 0.6) is 0 Å². The van der Waals surface area contributed by atoms with Gasteiger partial charge in [-0.2, -0.15) is 0 Å². The number of para-hydroxylation sites is 1. The largest absolute Gasteiger partial charge is 0.449 e. The summed E-state index contributed by atoms with van der Waals surface area (Å²) in [4.78, 5) is 13.2. The second kappa shape index (κ2) is 4.31. The maximum atomic E-state index is 11.6. The van der Waals surface area contributed by atoms with Gasteiger partial charge in [0, 0.05) is 18.7 Å². The topological polar surface area (TPSA) is 55.6 Å². The molecule has 1 aliphatic heterocycles. The molecule has 0 radical (unpaired) electrons. The fraction of sp³-hybridized carbons (Fsp3) is 0.364. The molecule has 1 unspecified atom stereocenters. The second-order valence-corrected chi connectivity index (χ2v) is 3.50. The highest BCUT2D eigenvalue weighted by Crippen LogP contribution is 2.22. The number of nitrogens with zero attached hydrogens (tertiary/aromatic N) is 1. The van der Waals surface area contributed by atoms with Gasteiger partial charge in [0.25, 0.3) is 0 Å². The van der Waals surface area contributed by atoms with Crippen LogP contribution in [0.4, 0.5) is 10.5 Å². The molecule has 0 bridgehead atoms. The Bertz CT molecular complexity index is 340. The van der Waals surface area contributed by atoms with Gasteiger partial charge >= 0.3 is 6.09 Å². The third kappa shape index (κ3) is 1.94. The molecule has 0 aliphatic carbocycles. The van der Waals surface area contributed by atoms with Crippen molar-refractivity contribution in [1.29, 1.82) is 0 Å². The number of cyclic esters (lactones) is 1. The average Bonchev–Trinajstić information content (AvgIpc) is 2.29. The van der Waals surface area contributed by atoms with Gasteiger partial charge in [-0.25, -0.2) is 4.79 Å². The van der Waals surface area contributed by atoms with E-state index in [1.54, 1.807) is 4.90 Å².